The number of benzene rings is 2. The molecule has 0 aromatic heterocycles. The number of halogens is 1. The summed E-state index contributed by atoms with van der Waals surface area (Å²) in [6, 6.07) is 13.5. The van der Waals surface area contributed by atoms with Crippen LogP contribution in [0.25, 0.3) is 6.08 Å². The minimum absolute atomic E-state index is 0.132. The number of nitrogens with zero attached hydrogens (tertiary/aromatic N) is 2. The summed E-state index contributed by atoms with van der Waals surface area (Å²) in [5.41, 5.74) is 2.27. The maximum atomic E-state index is 13.7. The molecule has 2 aromatic carbocycles. The van der Waals surface area contributed by atoms with E-state index in [1.165, 1.54) is 4.90 Å². The molecular formula is C25H23ClN2O3. The molecular weight excluding hydrogens is 412 g/mol. The Kier molecular flexibility index (Phi) is 4.94. The van der Waals surface area contributed by atoms with Crippen LogP contribution in [0, 0.1) is 11.8 Å². The normalized spacial score (nSPS) is 26.1. The molecule has 0 N–H and O–H groups in total. The molecule has 4 atom stereocenters. The fourth-order valence-electron chi connectivity index (χ4n) is 5.22. The summed E-state index contributed by atoms with van der Waals surface area (Å²) >= 11 is 6.19. The second kappa shape index (κ2) is 7.65. The Hall–Kier alpha value is -2.92. The van der Waals surface area contributed by atoms with Gasteiger partial charge in [-0.3, -0.25) is 19.3 Å². The van der Waals surface area contributed by atoms with Gasteiger partial charge in [0.1, 0.15) is 6.04 Å². The number of anilines is 1. The van der Waals surface area contributed by atoms with Crippen LogP contribution < -0.4 is 4.90 Å². The van der Waals surface area contributed by atoms with Gasteiger partial charge in [-0.2, -0.15) is 0 Å². The van der Waals surface area contributed by atoms with E-state index in [1.807, 2.05) is 54.3 Å². The van der Waals surface area contributed by atoms with Crippen LogP contribution in [0.2, 0.25) is 5.02 Å². The lowest BCUT2D eigenvalue weighted by molar-refractivity contribution is -0.140. The van der Waals surface area contributed by atoms with Crippen molar-refractivity contribution in [2.45, 2.75) is 31.8 Å². The molecule has 158 valence electrons. The fraction of sp³-hybridized carbons (Fsp3) is 0.320. The molecule has 2 saturated heterocycles. The zero-order valence-corrected chi connectivity index (χ0v) is 18.0. The standard InChI is InChI=1S/C25H23ClN2O3/c1-2-3-13-27-24(30)20-19-11-9-16-14-17(26)10-12-18(16)28(19)22(21(20)25(27)31)23(29)15-7-5-4-6-8-15/h4-12,14,19-22H,2-3,13H2,1H3/t19-,20-,21-,22-/m0/s1. The summed E-state index contributed by atoms with van der Waals surface area (Å²) in [6.07, 6.45) is 5.55. The van der Waals surface area contributed by atoms with E-state index in [9.17, 15) is 14.4 Å². The molecule has 2 fully saturated rings. The Labute approximate surface area is 186 Å². The molecule has 0 saturated carbocycles. The average Bonchev–Trinajstić information content (AvgIpc) is 3.25. The highest BCUT2D eigenvalue weighted by Crippen LogP contribution is 2.49. The number of Topliss-reactive ketones (excluding diaryl/α,β-unsaturated/α-hetero) is 1. The molecule has 2 aromatic rings. The number of hydrogen-bond acceptors (Lipinski definition) is 4. The van der Waals surface area contributed by atoms with Gasteiger partial charge >= 0.3 is 0 Å². The average molecular weight is 435 g/mol. The molecule has 3 aliphatic heterocycles. The highest BCUT2D eigenvalue weighted by atomic mass is 35.5. The van der Waals surface area contributed by atoms with Gasteiger partial charge in [0, 0.05) is 22.8 Å². The Morgan fingerprint density at radius 1 is 1.03 bits per heavy atom. The highest BCUT2D eigenvalue weighted by molar-refractivity contribution is 6.30. The molecule has 0 radical (unpaired) electrons. The Morgan fingerprint density at radius 2 is 1.77 bits per heavy atom. The van der Waals surface area contributed by atoms with E-state index in [4.69, 9.17) is 11.6 Å². The van der Waals surface area contributed by atoms with E-state index in [-0.39, 0.29) is 23.6 Å². The Morgan fingerprint density at radius 3 is 2.52 bits per heavy atom. The summed E-state index contributed by atoms with van der Waals surface area (Å²) in [5.74, 6) is -1.76. The largest absolute Gasteiger partial charge is 0.352 e. The van der Waals surface area contributed by atoms with Crippen molar-refractivity contribution in [3.63, 3.8) is 0 Å². The van der Waals surface area contributed by atoms with Crippen LogP contribution in [-0.4, -0.2) is 41.1 Å². The van der Waals surface area contributed by atoms with Crippen molar-refractivity contribution in [3.8, 4) is 0 Å². The van der Waals surface area contributed by atoms with Gasteiger partial charge in [-0.25, -0.2) is 0 Å². The van der Waals surface area contributed by atoms with Crippen molar-refractivity contribution in [2.24, 2.45) is 11.8 Å². The van der Waals surface area contributed by atoms with E-state index < -0.39 is 17.9 Å². The van der Waals surface area contributed by atoms with Gasteiger partial charge in [-0.05, 0) is 30.2 Å². The summed E-state index contributed by atoms with van der Waals surface area (Å²) < 4.78 is 0. The van der Waals surface area contributed by atoms with Crippen LogP contribution in [0.5, 0.6) is 0 Å². The first kappa shape index (κ1) is 20.0. The minimum atomic E-state index is -0.731. The number of fused-ring (bicyclic) bond motifs is 5. The van der Waals surface area contributed by atoms with Gasteiger partial charge in [-0.15, -0.1) is 0 Å². The zero-order chi connectivity index (χ0) is 21.7. The van der Waals surface area contributed by atoms with E-state index in [0.717, 1.165) is 24.1 Å². The van der Waals surface area contributed by atoms with Gasteiger partial charge in [0.25, 0.3) is 0 Å². The van der Waals surface area contributed by atoms with E-state index in [0.29, 0.717) is 17.1 Å². The molecule has 0 spiro atoms. The first-order valence-electron chi connectivity index (χ1n) is 10.7. The number of hydrogen-bond donors (Lipinski definition) is 0. The predicted octanol–water partition coefficient (Wildman–Crippen LogP) is 4.21. The third-order valence-electron chi connectivity index (χ3n) is 6.62. The lowest BCUT2D eigenvalue weighted by Gasteiger charge is -2.36. The summed E-state index contributed by atoms with van der Waals surface area (Å²) in [5, 5.41) is 0.602. The third-order valence-corrected chi connectivity index (χ3v) is 6.86. The lowest BCUT2D eigenvalue weighted by Crippen LogP contribution is -2.48. The monoisotopic (exact) mass is 434 g/mol. The van der Waals surface area contributed by atoms with Gasteiger partial charge in [0.15, 0.2) is 5.78 Å². The van der Waals surface area contributed by atoms with Gasteiger partial charge < -0.3 is 4.90 Å². The maximum Gasteiger partial charge on any atom is 0.235 e. The SMILES string of the molecule is CCCCN1C(=O)[C@@H]2[C@H](C1=O)[C@@H](C(=O)c1ccccc1)N1c3ccc(Cl)cc3C=C[C@@H]21. The number of unbranched alkanes of at least 4 members (excludes halogenated alkanes) is 1. The van der Waals surface area contributed by atoms with Crippen LogP contribution in [0.15, 0.2) is 54.6 Å². The van der Waals surface area contributed by atoms with Crippen molar-refractivity contribution in [3.05, 3.63) is 70.8 Å². The fourth-order valence-corrected chi connectivity index (χ4v) is 5.40. The zero-order valence-electron chi connectivity index (χ0n) is 17.2. The van der Waals surface area contributed by atoms with Crippen LogP contribution in [0.1, 0.15) is 35.7 Å². The highest BCUT2D eigenvalue weighted by Gasteiger charge is 2.63. The Balaban J connectivity index is 1.63. The molecule has 5 rings (SSSR count). The van der Waals surface area contributed by atoms with Crippen molar-refractivity contribution in [1.29, 1.82) is 0 Å². The quantitative estimate of drug-likeness (QED) is 0.522. The molecule has 2 amide bonds. The molecule has 3 heterocycles. The number of imide groups is 1. The van der Waals surface area contributed by atoms with E-state index in [2.05, 4.69) is 0 Å². The molecule has 0 aliphatic carbocycles. The van der Waals surface area contributed by atoms with Crippen molar-refractivity contribution in [1.82, 2.24) is 4.90 Å². The number of likely N-dealkylation sites (tertiary alicyclic amines) is 1. The second-order valence-corrected chi connectivity index (χ2v) is 8.80. The smallest absolute Gasteiger partial charge is 0.235 e. The van der Waals surface area contributed by atoms with Crippen molar-refractivity contribution in [2.75, 3.05) is 11.4 Å². The first-order chi connectivity index (χ1) is 15.0. The molecule has 0 unspecified atom stereocenters. The van der Waals surface area contributed by atoms with Crippen LogP contribution in [0.3, 0.4) is 0 Å². The maximum absolute atomic E-state index is 13.7. The number of ketones is 1. The predicted molar refractivity (Wildman–Crippen MR) is 120 cm³/mol. The molecule has 0 bridgehead atoms. The summed E-state index contributed by atoms with van der Waals surface area (Å²) in [7, 11) is 0. The van der Waals surface area contributed by atoms with E-state index in [1.54, 1.807) is 18.2 Å². The molecule has 6 heteroatoms. The van der Waals surface area contributed by atoms with Crippen LogP contribution in [-0.2, 0) is 9.59 Å². The molecule has 5 nitrogen and oxygen atoms in total. The van der Waals surface area contributed by atoms with Gasteiger partial charge in [0.2, 0.25) is 11.8 Å². The third kappa shape index (κ3) is 3.02. The van der Waals surface area contributed by atoms with Crippen molar-refractivity contribution >= 4 is 41.0 Å². The molecule has 31 heavy (non-hydrogen) atoms. The van der Waals surface area contributed by atoms with Gasteiger partial charge in [0.05, 0.1) is 17.9 Å². The minimum Gasteiger partial charge on any atom is -0.352 e. The van der Waals surface area contributed by atoms with Gasteiger partial charge in [-0.1, -0.05) is 67.4 Å². The Bertz CT molecular complexity index is 1100. The molecule has 3 aliphatic rings. The summed E-state index contributed by atoms with van der Waals surface area (Å²) in [4.78, 5) is 43.9. The number of rotatable bonds is 5. The number of carbonyl (C=O) groups excluding carboxylic acids is 3. The number of carbonyl (C=O) groups is 3. The van der Waals surface area contributed by atoms with Crippen molar-refractivity contribution < 1.29 is 14.4 Å². The lowest BCUT2D eigenvalue weighted by atomic mass is 9.86. The van der Waals surface area contributed by atoms with Crippen LogP contribution in [0.4, 0.5) is 5.69 Å². The first-order valence-corrected chi connectivity index (χ1v) is 11.1. The number of amides is 2. The van der Waals surface area contributed by atoms with Crippen LogP contribution >= 0.6 is 11.6 Å². The summed E-state index contributed by atoms with van der Waals surface area (Å²) in [6.45, 7) is 2.44. The van der Waals surface area contributed by atoms with E-state index >= 15 is 0 Å². The second-order valence-electron chi connectivity index (χ2n) is 8.37. The topological polar surface area (TPSA) is 57.7 Å².